The van der Waals surface area contributed by atoms with Crippen LogP contribution in [-0.4, -0.2) is 15.1 Å². The molecule has 0 amide bonds. The number of aromatic nitrogens is 2. The summed E-state index contributed by atoms with van der Waals surface area (Å²) in [5.41, 5.74) is 2.36. The van der Waals surface area contributed by atoms with Crippen molar-refractivity contribution < 1.29 is 13.9 Å². The van der Waals surface area contributed by atoms with Crippen molar-refractivity contribution in [1.82, 2.24) is 9.97 Å². The Labute approximate surface area is 191 Å². The van der Waals surface area contributed by atoms with Crippen molar-refractivity contribution in [2.24, 2.45) is 11.8 Å². The van der Waals surface area contributed by atoms with Crippen LogP contribution in [0.5, 0.6) is 0 Å². The van der Waals surface area contributed by atoms with E-state index in [0.29, 0.717) is 35.5 Å². The first-order valence-corrected chi connectivity index (χ1v) is 11.1. The smallest absolute Gasteiger partial charge is 0.203 e. The highest BCUT2D eigenvalue weighted by atomic mass is 19.1. The van der Waals surface area contributed by atoms with Crippen LogP contribution in [0.25, 0.3) is 27.5 Å². The van der Waals surface area contributed by atoms with Gasteiger partial charge in [0.15, 0.2) is 5.82 Å². The summed E-state index contributed by atoms with van der Waals surface area (Å²) in [6, 6.07) is 12.7. The number of aliphatic hydroxyl groups excluding tert-OH is 1. The molecule has 0 unspecified atom stereocenters. The van der Waals surface area contributed by atoms with E-state index < -0.39 is 17.0 Å². The standard InChI is InChI=1S/C27H23F2N3O/c1-15-19-13-12-18-23(16-8-4-6-10-20(16)28)31-26(17-9-5-7-11-21(17)29)32-25(18)27(19,2)14-22(30-3)24(15)33/h4-11,15,19,33H,12-14H2,1-2H3/t15-,19-,27-/m1/s1. The summed E-state index contributed by atoms with van der Waals surface area (Å²) in [6.07, 6.45) is 1.69. The molecule has 2 aliphatic carbocycles. The Bertz CT molecular complexity index is 1340. The molecule has 1 aromatic heterocycles. The fraction of sp³-hybridized carbons (Fsp3) is 0.296. The van der Waals surface area contributed by atoms with Crippen LogP contribution in [0, 0.1) is 30.0 Å². The van der Waals surface area contributed by atoms with E-state index in [-0.39, 0.29) is 29.0 Å². The van der Waals surface area contributed by atoms with Crippen LogP contribution in [0.3, 0.4) is 0 Å². The van der Waals surface area contributed by atoms with Crippen molar-refractivity contribution in [3.8, 4) is 22.6 Å². The van der Waals surface area contributed by atoms with Gasteiger partial charge in [-0.15, -0.1) is 0 Å². The number of fused-ring (bicyclic) bond motifs is 3. The summed E-state index contributed by atoms with van der Waals surface area (Å²) in [4.78, 5) is 13.1. The topological polar surface area (TPSA) is 50.4 Å². The molecule has 2 aliphatic rings. The van der Waals surface area contributed by atoms with Gasteiger partial charge >= 0.3 is 0 Å². The molecule has 33 heavy (non-hydrogen) atoms. The molecular formula is C27H23F2N3O. The number of allylic oxidation sites excluding steroid dienone is 2. The summed E-state index contributed by atoms with van der Waals surface area (Å²) >= 11 is 0. The fourth-order valence-corrected chi connectivity index (χ4v) is 5.63. The van der Waals surface area contributed by atoms with Crippen LogP contribution in [0.15, 0.2) is 60.0 Å². The normalized spacial score (nSPS) is 24.1. The third-order valence-electron chi connectivity index (χ3n) is 7.32. The van der Waals surface area contributed by atoms with Gasteiger partial charge in [-0.25, -0.2) is 23.6 Å². The van der Waals surface area contributed by atoms with Gasteiger partial charge in [0.05, 0.1) is 29.3 Å². The van der Waals surface area contributed by atoms with Gasteiger partial charge in [0.1, 0.15) is 11.6 Å². The average molecular weight is 443 g/mol. The highest BCUT2D eigenvalue weighted by Gasteiger charge is 2.50. The molecule has 0 radical (unpaired) electrons. The zero-order valence-corrected chi connectivity index (χ0v) is 18.4. The third-order valence-corrected chi connectivity index (χ3v) is 7.32. The molecule has 0 spiro atoms. The van der Waals surface area contributed by atoms with Gasteiger partial charge in [-0.1, -0.05) is 38.1 Å². The Morgan fingerprint density at radius 3 is 2.30 bits per heavy atom. The second kappa shape index (κ2) is 7.77. The fourth-order valence-electron chi connectivity index (χ4n) is 5.63. The molecule has 6 heteroatoms. The van der Waals surface area contributed by atoms with Gasteiger partial charge in [-0.05, 0) is 49.4 Å². The van der Waals surface area contributed by atoms with Gasteiger partial charge in [0, 0.05) is 22.5 Å². The minimum Gasteiger partial charge on any atom is -0.523 e. The summed E-state index contributed by atoms with van der Waals surface area (Å²) in [7, 11) is 0. The van der Waals surface area contributed by atoms with Gasteiger partial charge in [-0.2, -0.15) is 0 Å². The second-order valence-electron chi connectivity index (χ2n) is 9.15. The maximum atomic E-state index is 14.9. The van der Waals surface area contributed by atoms with Gasteiger partial charge < -0.3 is 5.11 Å². The monoisotopic (exact) mass is 443 g/mol. The van der Waals surface area contributed by atoms with E-state index in [2.05, 4.69) is 9.83 Å². The quantitative estimate of drug-likeness (QED) is 0.452. The Hall–Kier alpha value is -3.59. The Morgan fingerprint density at radius 1 is 1.03 bits per heavy atom. The number of nitrogens with zero attached hydrogens (tertiary/aromatic N) is 3. The van der Waals surface area contributed by atoms with E-state index in [9.17, 15) is 13.9 Å². The van der Waals surface area contributed by atoms with Crippen LogP contribution in [-0.2, 0) is 11.8 Å². The molecule has 166 valence electrons. The number of rotatable bonds is 2. The largest absolute Gasteiger partial charge is 0.523 e. The molecule has 0 saturated carbocycles. The molecule has 0 bridgehead atoms. The molecule has 0 fully saturated rings. The van der Waals surface area contributed by atoms with Crippen LogP contribution in [0.2, 0.25) is 0 Å². The lowest BCUT2D eigenvalue weighted by atomic mass is 9.57. The number of benzene rings is 2. The summed E-state index contributed by atoms with van der Waals surface area (Å²) in [6.45, 7) is 11.6. The molecule has 3 aromatic rings. The van der Waals surface area contributed by atoms with E-state index in [1.165, 1.54) is 12.1 Å². The van der Waals surface area contributed by atoms with Crippen molar-refractivity contribution >= 4 is 0 Å². The first-order valence-electron chi connectivity index (χ1n) is 11.1. The van der Waals surface area contributed by atoms with E-state index in [0.717, 1.165) is 12.0 Å². The molecule has 3 atom stereocenters. The molecule has 4 nitrogen and oxygen atoms in total. The molecule has 2 aromatic carbocycles. The molecule has 5 rings (SSSR count). The third kappa shape index (κ3) is 3.22. The Balaban J connectivity index is 1.82. The first-order chi connectivity index (χ1) is 15.8. The highest BCUT2D eigenvalue weighted by molar-refractivity contribution is 5.70. The molecule has 0 aliphatic heterocycles. The number of hydrogen-bond donors (Lipinski definition) is 1. The highest BCUT2D eigenvalue weighted by Crippen LogP contribution is 2.54. The number of hydrogen-bond acceptors (Lipinski definition) is 3. The van der Waals surface area contributed by atoms with Crippen molar-refractivity contribution in [3.63, 3.8) is 0 Å². The van der Waals surface area contributed by atoms with Gasteiger partial charge in [0.25, 0.3) is 0 Å². The van der Waals surface area contributed by atoms with E-state index in [1.807, 2.05) is 13.8 Å². The van der Waals surface area contributed by atoms with E-state index in [4.69, 9.17) is 11.6 Å². The summed E-state index contributed by atoms with van der Waals surface area (Å²) in [5.74, 6) is -0.666. The van der Waals surface area contributed by atoms with Crippen LogP contribution in [0.1, 0.15) is 37.9 Å². The zero-order valence-electron chi connectivity index (χ0n) is 18.4. The summed E-state index contributed by atoms with van der Waals surface area (Å²) in [5, 5.41) is 10.6. The minimum absolute atomic E-state index is 0.0485. The van der Waals surface area contributed by atoms with Crippen molar-refractivity contribution in [2.45, 2.75) is 38.5 Å². The molecule has 1 N–H and O–H groups in total. The average Bonchev–Trinajstić information content (AvgIpc) is 2.82. The van der Waals surface area contributed by atoms with Gasteiger partial charge in [0.2, 0.25) is 5.70 Å². The maximum absolute atomic E-state index is 14.9. The Kier molecular flexibility index (Phi) is 5.01. The van der Waals surface area contributed by atoms with Crippen LogP contribution >= 0.6 is 0 Å². The van der Waals surface area contributed by atoms with Crippen LogP contribution < -0.4 is 0 Å². The van der Waals surface area contributed by atoms with Crippen molar-refractivity contribution in [2.75, 3.05) is 0 Å². The Morgan fingerprint density at radius 2 is 1.67 bits per heavy atom. The predicted octanol–water partition coefficient (Wildman–Crippen LogP) is 6.64. The maximum Gasteiger partial charge on any atom is 0.203 e. The van der Waals surface area contributed by atoms with Crippen molar-refractivity contribution in [1.29, 1.82) is 0 Å². The molecular weight excluding hydrogens is 420 g/mol. The summed E-state index contributed by atoms with van der Waals surface area (Å²) < 4.78 is 29.6. The first kappa shape index (κ1) is 21.3. The SMILES string of the molecule is [C-]#[N+]C1=C(O)[C@H](C)[C@H]2CCc3c(-c4ccccc4F)nc(-c4ccccc4F)nc3[C@]2(C)C1. The number of halogens is 2. The van der Waals surface area contributed by atoms with E-state index in [1.54, 1.807) is 36.4 Å². The number of aliphatic hydroxyl groups is 1. The minimum atomic E-state index is -0.567. The molecule has 0 saturated heterocycles. The lowest BCUT2D eigenvalue weighted by Crippen LogP contribution is -2.45. The van der Waals surface area contributed by atoms with E-state index >= 15 is 0 Å². The van der Waals surface area contributed by atoms with Crippen LogP contribution in [0.4, 0.5) is 8.78 Å². The predicted molar refractivity (Wildman–Crippen MR) is 122 cm³/mol. The lowest BCUT2D eigenvalue weighted by Gasteiger charge is -2.48. The zero-order chi connectivity index (χ0) is 23.3. The van der Waals surface area contributed by atoms with Crippen molar-refractivity contribution in [3.05, 3.63) is 94.3 Å². The molecule has 1 heterocycles. The van der Waals surface area contributed by atoms with Gasteiger partial charge in [-0.3, -0.25) is 0 Å². The lowest BCUT2D eigenvalue weighted by molar-refractivity contribution is 0.135. The second-order valence-corrected chi connectivity index (χ2v) is 9.15.